The summed E-state index contributed by atoms with van der Waals surface area (Å²) < 4.78 is 0. The highest BCUT2D eigenvalue weighted by atomic mass is 16.3. The van der Waals surface area contributed by atoms with Crippen molar-refractivity contribution >= 4 is 0 Å². The molecule has 1 N–H and O–H groups in total. The Labute approximate surface area is 105 Å². The smallest absolute Gasteiger partial charge is 0.0942 e. The highest BCUT2D eigenvalue weighted by Crippen LogP contribution is 2.21. The average molecular weight is 235 g/mol. The minimum atomic E-state index is -0.402. The van der Waals surface area contributed by atoms with Crippen molar-refractivity contribution in [1.29, 1.82) is 0 Å². The molecule has 0 heterocycles. The number of benzene rings is 1. The number of aliphatic hydroxyl groups excluding tert-OH is 1. The molecule has 0 radical (unpaired) electrons. The van der Waals surface area contributed by atoms with Crippen LogP contribution in [0.4, 0.5) is 0 Å². The summed E-state index contributed by atoms with van der Waals surface area (Å²) in [7, 11) is 0. The van der Waals surface area contributed by atoms with Gasteiger partial charge in [-0.1, -0.05) is 45.0 Å². The lowest BCUT2D eigenvalue weighted by Gasteiger charge is -2.30. The Balaban J connectivity index is 2.76. The summed E-state index contributed by atoms with van der Waals surface area (Å²) in [5, 5.41) is 10.3. The molecule has 96 valence electrons. The molecule has 0 fully saturated rings. The van der Waals surface area contributed by atoms with E-state index in [1.54, 1.807) is 0 Å². The van der Waals surface area contributed by atoms with E-state index in [0.29, 0.717) is 0 Å². The fraction of sp³-hybridized carbons (Fsp3) is 0.600. The van der Waals surface area contributed by atoms with Crippen LogP contribution in [0.25, 0.3) is 0 Å². The summed E-state index contributed by atoms with van der Waals surface area (Å²) in [6, 6.07) is 8.46. The summed E-state index contributed by atoms with van der Waals surface area (Å²) in [5.74, 6) is 0. The van der Waals surface area contributed by atoms with Gasteiger partial charge < -0.3 is 5.11 Å². The van der Waals surface area contributed by atoms with E-state index in [2.05, 4.69) is 44.7 Å². The zero-order valence-corrected chi connectivity index (χ0v) is 11.5. The molecule has 0 aliphatic rings. The van der Waals surface area contributed by atoms with Crippen LogP contribution in [0.2, 0.25) is 0 Å². The minimum Gasteiger partial charge on any atom is -0.387 e. The first-order valence-electron chi connectivity index (χ1n) is 6.64. The van der Waals surface area contributed by atoms with E-state index in [-0.39, 0.29) is 6.04 Å². The zero-order chi connectivity index (χ0) is 12.8. The van der Waals surface area contributed by atoms with Crippen LogP contribution in [0.15, 0.2) is 24.3 Å². The Morgan fingerprint density at radius 3 is 2.00 bits per heavy atom. The van der Waals surface area contributed by atoms with Crippen LogP contribution in [-0.2, 0) is 6.42 Å². The van der Waals surface area contributed by atoms with Crippen molar-refractivity contribution < 1.29 is 5.11 Å². The molecule has 0 amide bonds. The monoisotopic (exact) mass is 235 g/mol. The molecule has 2 heteroatoms. The largest absolute Gasteiger partial charge is 0.387 e. The molecule has 0 spiro atoms. The maximum absolute atomic E-state index is 10.3. The number of nitrogens with zero attached hydrogens (tertiary/aromatic N) is 1. The first-order valence-corrected chi connectivity index (χ1v) is 6.64. The molecule has 0 saturated heterocycles. The van der Waals surface area contributed by atoms with Gasteiger partial charge in [-0.2, -0.15) is 0 Å². The SMILES string of the molecule is CCc1ccc(C(O)C(C)N(CC)CC)cc1. The van der Waals surface area contributed by atoms with Gasteiger partial charge in [-0.3, -0.25) is 4.90 Å². The van der Waals surface area contributed by atoms with Gasteiger partial charge in [-0.05, 0) is 37.6 Å². The molecule has 0 aromatic heterocycles. The summed E-state index contributed by atoms with van der Waals surface area (Å²) in [6.07, 6.45) is 0.642. The van der Waals surface area contributed by atoms with E-state index < -0.39 is 6.10 Å². The Morgan fingerprint density at radius 2 is 1.59 bits per heavy atom. The predicted octanol–water partition coefficient (Wildman–Crippen LogP) is 3.01. The van der Waals surface area contributed by atoms with Crippen LogP contribution in [0.5, 0.6) is 0 Å². The third kappa shape index (κ3) is 3.55. The predicted molar refractivity (Wildman–Crippen MR) is 73.2 cm³/mol. The lowest BCUT2D eigenvalue weighted by Crippen LogP contribution is -2.37. The first kappa shape index (κ1) is 14.2. The van der Waals surface area contributed by atoms with Crippen molar-refractivity contribution in [2.45, 2.75) is 46.3 Å². The molecular formula is C15H25NO. The van der Waals surface area contributed by atoms with Gasteiger partial charge in [0.1, 0.15) is 0 Å². The Hall–Kier alpha value is -0.860. The van der Waals surface area contributed by atoms with E-state index in [1.165, 1.54) is 5.56 Å². The van der Waals surface area contributed by atoms with Gasteiger partial charge in [0.25, 0.3) is 0 Å². The summed E-state index contributed by atoms with van der Waals surface area (Å²) in [5.41, 5.74) is 2.33. The molecule has 0 saturated carbocycles. The minimum absolute atomic E-state index is 0.164. The Bertz CT molecular complexity index is 316. The molecule has 17 heavy (non-hydrogen) atoms. The average Bonchev–Trinajstić information content (AvgIpc) is 2.39. The second-order valence-corrected chi connectivity index (χ2v) is 4.50. The van der Waals surface area contributed by atoms with Crippen LogP contribution >= 0.6 is 0 Å². The van der Waals surface area contributed by atoms with Gasteiger partial charge in [-0.15, -0.1) is 0 Å². The van der Waals surface area contributed by atoms with Crippen molar-refractivity contribution in [3.8, 4) is 0 Å². The molecule has 0 bridgehead atoms. The number of hydrogen-bond acceptors (Lipinski definition) is 2. The fourth-order valence-corrected chi connectivity index (χ4v) is 2.23. The number of aryl methyl sites for hydroxylation is 1. The summed E-state index contributed by atoms with van der Waals surface area (Å²) >= 11 is 0. The number of hydrogen-bond donors (Lipinski definition) is 1. The van der Waals surface area contributed by atoms with Crippen LogP contribution in [0, 0.1) is 0 Å². The molecule has 1 aromatic carbocycles. The molecule has 2 nitrogen and oxygen atoms in total. The second-order valence-electron chi connectivity index (χ2n) is 4.50. The fourth-order valence-electron chi connectivity index (χ4n) is 2.23. The number of aliphatic hydroxyl groups is 1. The molecule has 0 aliphatic heterocycles. The molecule has 2 unspecified atom stereocenters. The van der Waals surface area contributed by atoms with E-state index in [0.717, 1.165) is 25.1 Å². The van der Waals surface area contributed by atoms with Crippen molar-refractivity contribution in [2.24, 2.45) is 0 Å². The van der Waals surface area contributed by atoms with Gasteiger partial charge in [0.2, 0.25) is 0 Å². The summed E-state index contributed by atoms with van der Waals surface area (Å²) in [4.78, 5) is 2.28. The maximum Gasteiger partial charge on any atom is 0.0942 e. The first-order chi connectivity index (χ1) is 8.13. The topological polar surface area (TPSA) is 23.5 Å². The lowest BCUT2D eigenvalue weighted by atomic mass is 10.0. The normalized spacial score (nSPS) is 14.9. The third-order valence-corrected chi connectivity index (χ3v) is 3.57. The standard InChI is InChI=1S/C15H25NO/c1-5-13-8-10-14(11-9-13)15(17)12(4)16(6-2)7-3/h8-12,15,17H,5-7H2,1-4H3. The Kier molecular flexibility index (Phi) is 5.66. The van der Waals surface area contributed by atoms with Crippen molar-refractivity contribution in [2.75, 3.05) is 13.1 Å². The van der Waals surface area contributed by atoms with Crippen LogP contribution in [0.1, 0.15) is 44.9 Å². The summed E-state index contributed by atoms with van der Waals surface area (Å²) in [6.45, 7) is 10.4. The quantitative estimate of drug-likeness (QED) is 0.819. The molecule has 2 atom stereocenters. The van der Waals surface area contributed by atoms with E-state index in [4.69, 9.17) is 0 Å². The van der Waals surface area contributed by atoms with Gasteiger partial charge in [-0.25, -0.2) is 0 Å². The van der Waals surface area contributed by atoms with E-state index in [9.17, 15) is 5.11 Å². The lowest BCUT2D eigenvalue weighted by molar-refractivity contribution is 0.0638. The van der Waals surface area contributed by atoms with Gasteiger partial charge in [0.15, 0.2) is 0 Å². The number of likely N-dealkylation sites (N-methyl/N-ethyl adjacent to an activating group) is 1. The molecule has 1 rings (SSSR count). The van der Waals surface area contributed by atoms with Crippen molar-refractivity contribution in [1.82, 2.24) is 4.90 Å². The maximum atomic E-state index is 10.3. The zero-order valence-electron chi connectivity index (χ0n) is 11.5. The van der Waals surface area contributed by atoms with Crippen LogP contribution < -0.4 is 0 Å². The second kappa shape index (κ2) is 6.77. The van der Waals surface area contributed by atoms with Gasteiger partial charge in [0.05, 0.1) is 6.10 Å². The van der Waals surface area contributed by atoms with Crippen LogP contribution in [0.3, 0.4) is 0 Å². The van der Waals surface area contributed by atoms with E-state index >= 15 is 0 Å². The molecule has 1 aromatic rings. The van der Waals surface area contributed by atoms with Gasteiger partial charge in [0, 0.05) is 6.04 Å². The molecular weight excluding hydrogens is 210 g/mol. The highest BCUT2D eigenvalue weighted by Gasteiger charge is 2.20. The number of rotatable bonds is 6. The highest BCUT2D eigenvalue weighted by molar-refractivity contribution is 5.24. The Morgan fingerprint density at radius 1 is 1.06 bits per heavy atom. The molecule has 0 aliphatic carbocycles. The van der Waals surface area contributed by atoms with Crippen molar-refractivity contribution in [3.63, 3.8) is 0 Å². The van der Waals surface area contributed by atoms with Crippen LogP contribution in [-0.4, -0.2) is 29.1 Å². The van der Waals surface area contributed by atoms with Gasteiger partial charge >= 0.3 is 0 Å². The third-order valence-electron chi connectivity index (χ3n) is 3.57. The van der Waals surface area contributed by atoms with E-state index in [1.807, 2.05) is 12.1 Å². The van der Waals surface area contributed by atoms with Crippen molar-refractivity contribution in [3.05, 3.63) is 35.4 Å².